The molecule has 0 spiro atoms. The first kappa shape index (κ1) is 14.0. The summed E-state index contributed by atoms with van der Waals surface area (Å²) in [5, 5.41) is 2.32. The van der Waals surface area contributed by atoms with Crippen LogP contribution in [0.15, 0.2) is 36.4 Å². The lowest BCUT2D eigenvalue weighted by molar-refractivity contribution is 0.102. The lowest BCUT2D eigenvalue weighted by Crippen LogP contribution is -2.18. The lowest BCUT2D eigenvalue weighted by atomic mass is 10.1. The molecule has 0 fully saturated rings. The van der Waals surface area contributed by atoms with E-state index in [2.05, 4.69) is 10.7 Å². The third-order valence-corrected chi connectivity index (χ3v) is 2.75. The third kappa shape index (κ3) is 2.92. The van der Waals surface area contributed by atoms with Crippen LogP contribution in [0.5, 0.6) is 0 Å². The van der Waals surface area contributed by atoms with Gasteiger partial charge in [-0.2, -0.15) is 0 Å². The molecule has 0 atom stereocenters. The quantitative estimate of drug-likeness (QED) is 0.597. The Bertz CT molecular complexity index is 659. The van der Waals surface area contributed by atoms with Gasteiger partial charge in [0, 0.05) is 6.07 Å². The van der Waals surface area contributed by atoms with Crippen LogP contribution in [0.1, 0.15) is 15.9 Å². The molecule has 0 aliphatic rings. The SMILES string of the molecule is Cc1ccc(NN)c(C(=O)Nc2cc(F)ccc2F)c1. The first-order chi connectivity index (χ1) is 9.51. The smallest absolute Gasteiger partial charge is 0.257 e. The number of nitrogens with one attached hydrogen (secondary N) is 2. The summed E-state index contributed by atoms with van der Waals surface area (Å²) < 4.78 is 26.5. The van der Waals surface area contributed by atoms with Gasteiger partial charge in [-0.15, -0.1) is 0 Å². The molecule has 6 heteroatoms. The molecule has 4 nitrogen and oxygen atoms in total. The number of carbonyl (C=O) groups is 1. The average Bonchev–Trinajstić information content (AvgIpc) is 2.42. The van der Waals surface area contributed by atoms with E-state index in [1.54, 1.807) is 25.1 Å². The van der Waals surface area contributed by atoms with Gasteiger partial charge in [0.15, 0.2) is 0 Å². The molecule has 0 radical (unpaired) electrons. The summed E-state index contributed by atoms with van der Waals surface area (Å²) in [6.45, 7) is 1.81. The molecule has 2 aromatic carbocycles. The summed E-state index contributed by atoms with van der Waals surface area (Å²) in [7, 11) is 0. The van der Waals surface area contributed by atoms with Gasteiger partial charge in [0.05, 0.1) is 16.9 Å². The van der Waals surface area contributed by atoms with Crippen LogP contribution < -0.4 is 16.6 Å². The van der Waals surface area contributed by atoms with E-state index in [4.69, 9.17) is 5.84 Å². The number of carbonyl (C=O) groups excluding carboxylic acids is 1. The van der Waals surface area contributed by atoms with Crippen molar-refractivity contribution in [2.45, 2.75) is 6.92 Å². The van der Waals surface area contributed by atoms with Crippen molar-refractivity contribution in [1.29, 1.82) is 0 Å². The van der Waals surface area contributed by atoms with E-state index in [1.165, 1.54) is 0 Å². The van der Waals surface area contributed by atoms with E-state index in [-0.39, 0.29) is 11.3 Å². The summed E-state index contributed by atoms with van der Waals surface area (Å²) in [6, 6.07) is 7.84. The molecule has 0 aliphatic heterocycles. The van der Waals surface area contributed by atoms with Gasteiger partial charge >= 0.3 is 0 Å². The number of nitrogen functional groups attached to an aromatic ring is 1. The third-order valence-electron chi connectivity index (χ3n) is 2.75. The van der Waals surface area contributed by atoms with Crippen molar-refractivity contribution >= 4 is 17.3 Å². The Morgan fingerprint density at radius 1 is 1.10 bits per heavy atom. The highest BCUT2D eigenvalue weighted by atomic mass is 19.1. The predicted molar refractivity (Wildman–Crippen MR) is 73.3 cm³/mol. The van der Waals surface area contributed by atoms with Crippen LogP contribution in [-0.2, 0) is 0 Å². The van der Waals surface area contributed by atoms with Crippen molar-refractivity contribution in [1.82, 2.24) is 0 Å². The maximum Gasteiger partial charge on any atom is 0.257 e. The molecule has 104 valence electrons. The van der Waals surface area contributed by atoms with Crippen LogP contribution in [0, 0.1) is 18.6 Å². The van der Waals surface area contributed by atoms with Crippen molar-refractivity contribution in [3.63, 3.8) is 0 Å². The zero-order valence-electron chi connectivity index (χ0n) is 10.7. The van der Waals surface area contributed by atoms with Crippen molar-refractivity contribution in [3.05, 3.63) is 59.2 Å². The minimum atomic E-state index is -0.713. The number of amides is 1. The molecule has 2 aromatic rings. The standard InChI is InChI=1S/C14H13F2N3O/c1-8-2-5-12(19-17)10(6-8)14(20)18-13-7-9(15)3-4-11(13)16/h2-7,19H,17H2,1H3,(H,18,20). The van der Waals surface area contributed by atoms with Crippen molar-refractivity contribution in [2.24, 2.45) is 5.84 Å². The summed E-state index contributed by atoms with van der Waals surface area (Å²) in [5.41, 5.74) is 3.65. The minimum Gasteiger partial charge on any atom is -0.323 e. The number of nitrogens with two attached hydrogens (primary N) is 1. The van der Waals surface area contributed by atoms with Crippen molar-refractivity contribution in [3.8, 4) is 0 Å². The van der Waals surface area contributed by atoms with E-state index < -0.39 is 17.5 Å². The van der Waals surface area contributed by atoms with Crippen molar-refractivity contribution < 1.29 is 13.6 Å². The van der Waals surface area contributed by atoms with Crippen LogP contribution in [-0.4, -0.2) is 5.91 Å². The van der Waals surface area contributed by atoms with Crippen LogP contribution >= 0.6 is 0 Å². The number of anilines is 2. The number of aryl methyl sites for hydroxylation is 1. The highest BCUT2D eigenvalue weighted by molar-refractivity contribution is 6.08. The van der Waals surface area contributed by atoms with Crippen LogP contribution in [0.25, 0.3) is 0 Å². The fourth-order valence-corrected chi connectivity index (χ4v) is 1.75. The Labute approximate surface area is 114 Å². The molecular formula is C14H13F2N3O. The molecule has 4 N–H and O–H groups in total. The number of halogens is 2. The Morgan fingerprint density at radius 3 is 2.55 bits per heavy atom. The zero-order valence-corrected chi connectivity index (χ0v) is 10.7. The zero-order chi connectivity index (χ0) is 14.7. The molecule has 0 saturated carbocycles. The summed E-state index contributed by atoms with van der Waals surface area (Å²) in [4.78, 5) is 12.1. The van der Waals surface area contributed by atoms with Gasteiger partial charge in [-0.05, 0) is 31.2 Å². The van der Waals surface area contributed by atoms with Crippen LogP contribution in [0.4, 0.5) is 20.2 Å². The number of benzene rings is 2. The average molecular weight is 277 g/mol. The maximum absolute atomic E-state index is 13.5. The highest BCUT2D eigenvalue weighted by Gasteiger charge is 2.14. The van der Waals surface area contributed by atoms with E-state index in [0.717, 1.165) is 23.8 Å². The Balaban J connectivity index is 2.32. The molecule has 0 heterocycles. The Morgan fingerprint density at radius 2 is 1.85 bits per heavy atom. The molecule has 0 unspecified atom stereocenters. The van der Waals surface area contributed by atoms with Gasteiger partial charge in [0.25, 0.3) is 5.91 Å². The predicted octanol–water partition coefficient (Wildman–Crippen LogP) is 2.81. The first-order valence-electron chi connectivity index (χ1n) is 5.85. The number of hydrazine groups is 1. The van der Waals surface area contributed by atoms with Gasteiger partial charge in [0.1, 0.15) is 11.6 Å². The van der Waals surface area contributed by atoms with Gasteiger partial charge in [-0.1, -0.05) is 11.6 Å². The van der Waals surface area contributed by atoms with Gasteiger partial charge in [0.2, 0.25) is 0 Å². The first-order valence-corrected chi connectivity index (χ1v) is 5.85. The molecule has 0 aromatic heterocycles. The second-order valence-corrected chi connectivity index (χ2v) is 4.27. The van der Waals surface area contributed by atoms with Gasteiger partial charge < -0.3 is 10.7 Å². The largest absolute Gasteiger partial charge is 0.323 e. The normalized spacial score (nSPS) is 10.2. The summed E-state index contributed by atoms with van der Waals surface area (Å²) in [5.74, 6) is 3.39. The number of rotatable bonds is 3. The molecule has 0 bridgehead atoms. The Kier molecular flexibility index (Phi) is 3.95. The molecule has 0 aliphatic carbocycles. The fourth-order valence-electron chi connectivity index (χ4n) is 1.75. The minimum absolute atomic E-state index is 0.223. The van der Waals surface area contributed by atoms with Crippen LogP contribution in [0.2, 0.25) is 0 Å². The molecule has 1 amide bonds. The lowest BCUT2D eigenvalue weighted by Gasteiger charge is -2.11. The van der Waals surface area contributed by atoms with Crippen LogP contribution in [0.3, 0.4) is 0 Å². The summed E-state index contributed by atoms with van der Waals surface area (Å²) >= 11 is 0. The van der Waals surface area contributed by atoms with E-state index in [9.17, 15) is 13.6 Å². The Hall–Kier alpha value is -2.47. The molecular weight excluding hydrogens is 264 g/mol. The second kappa shape index (κ2) is 5.66. The van der Waals surface area contributed by atoms with E-state index >= 15 is 0 Å². The van der Waals surface area contributed by atoms with Gasteiger partial charge in [-0.3, -0.25) is 10.6 Å². The monoisotopic (exact) mass is 277 g/mol. The maximum atomic E-state index is 13.5. The van der Waals surface area contributed by atoms with Gasteiger partial charge in [-0.25, -0.2) is 8.78 Å². The number of hydrogen-bond donors (Lipinski definition) is 3. The molecule has 20 heavy (non-hydrogen) atoms. The topological polar surface area (TPSA) is 67.1 Å². The van der Waals surface area contributed by atoms with E-state index in [1.807, 2.05) is 0 Å². The highest BCUT2D eigenvalue weighted by Crippen LogP contribution is 2.20. The molecule has 2 rings (SSSR count). The van der Waals surface area contributed by atoms with Crippen molar-refractivity contribution in [2.75, 3.05) is 10.7 Å². The molecule has 0 saturated heterocycles. The fraction of sp³-hybridized carbons (Fsp3) is 0.0714. The van der Waals surface area contributed by atoms with E-state index in [0.29, 0.717) is 5.69 Å². The summed E-state index contributed by atoms with van der Waals surface area (Å²) in [6.07, 6.45) is 0. The second-order valence-electron chi connectivity index (χ2n) is 4.27. The number of hydrogen-bond acceptors (Lipinski definition) is 3.